The largest absolute Gasteiger partial charge is 0.489 e. The quantitative estimate of drug-likeness (QED) is 0.412. The van der Waals surface area contributed by atoms with E-state index in [-0.39, 0.29) is 34.2 Å². The van der Waals surface area contributed by atoms with Crippen LogP contribution in [0, 0.1) is 6.92 Å². The van der Waals surface area contributed by atoms with E-state index in [0.29, 0.717) is 24.3 Å². The van der Waals surface area contributed by atoms with Gasteiger partial charge in [0.1, 0.15) is 23.6 Å². The summed E-state index contributed by atoms with van der Waals surface area (Å²) in [6, 6.07) is 5.42. The number of aliphatic carboxylic acids is 1. The van der Waals surface area contributed by atoms with Gasteiger partial charge in [-0.15, -0.1) is 0 Å². The van der Waals surface area contributed by atoms with Gasteiger partial charge in [0, 0.05) is 30.9 Å². The first-order valence-corrected chi connectivity index (χ1v) is 10.8. The maximum absolute atomic E-state index is 13.1. The summed E-state index contributed by atoms with van der Waals surface area (Å²) >= 11 is 6.00. The molecule has 3 aromatic heterocycles. The summed E-state index contributed by atoms with van der Waals surface area (Å²) in [5, 5.41) is 15.8. The second-order valence-electron chi connectivity index (χ2n) is 8.11. The summed E-state index contributed by atoms with van der Waals surface area (Å²) in [7, 11) is 0. The minimum absolute atomic E-state index is 0.0183. The van der Waals surface area contributed by atoms with Crippen molar-refractivity contribution in [3.63, 3.8) is 0 Å². The highest BCUT2D eigenvalue weighted by Gasteiger charge is 2.32. The van der Waals surface area contributed by atoms with Crippen LogP contribution in [0.15, 0.2) is 41.2 Å². The second kappa shape index (κ2) is 8.54. The summed E-state index contributed by atoms with van der Waals surface area (Å²) in [6.07, 6.45) is -2.25. The standard InChI is InChI=1S/C22H17ClF3N5O4/c1-10-4-12(34-13-6-16(21(32)33)27-7-13)2-3-14(10)18-29-20(35-30-18)17-9-31-8-11(22(24,25)26)5-15(23)19(31)28-17/h2-5,8-9,13,16,27H,6-7H2,1H3,(H,32,33). The number of carboxylic acid groups (broad SMARTS) is 1. The molecule has 0 aliphatic carbocycles. The fourth-order valence-corrected chi connectivity index (χ4v) is 4.14. The van der Waals surface area contributed by atoms with E-state index in [1.54, 1.807) is 18.2 Å². The zero-order chi connectivity index (χ0) is 24.9. The van der Waals surface area contributed by atoms with Gasteiger partial charge in [-0.25, -0.2) is 4.98 Å². The first-order valence-electron chi connectivity index (χ1n) is 10.4. The molecule has 2 N–H and O–H groups in total. The third kappa shape index (κ3) is 4.54. The van der Waals surface area contributed by atoms with Gasteiger partial charge in [-0.2, -0.15) is 18.2 Å². The summed E-state index contributed by atoms with van der Waals surface area (Å²) in [6.45, 7) is 2.26. The van der Waals surface area contributed by atoms with E-state index >= 15 is 0 Å². The molecule has 1 aromatic carbocycles. The van der Waals surface area contributed by atoms with Crippen LogP contribution in [0.2, 0.25) is 5.02 Å². The van der Waals surface area contributed by atoms with Crippen molar-refractivity contribution >= 4 is 23.2 Å². The van der Waals surface area contributed by atoms with Crippen LogP contribution in [0.3, 0.4) is 0 Å². The number of nitrogens with zero attached hydrogens (tertiary/aromatic N) is 4. The first-order chi connectivity index (χ1) is 16.6. The predicted octanol–water partition coefficient (Wildman–Crippen LogP) is 4.23. The molecule has 5 rings (SSSR count). The highest BCUT2D eigenvalue weighted by Crippen LogP contribution is 2.33. The first kappa shape index (κ1) is 23.1. The molecule has 4 aromatic rings. The number of benzene rings is 1. The van der Waals surface area contributed by atoms with E-state index in [2.05, 4.69) is 20.4 Å². The van der Waals surface area contributed by atoms with Crippen molar-refractivity contribution in [1.82, 2.24) is 24.8 Å². The van der Waals surface area contributed by atoms with Crippen LogP contribution < -0.4 is 10.1 Å². The molecule has 35 heavy (non-hydrogen) atoms. The van der Waals surface area contributed by atoms with Crippen molar-refractivity contribution in [1.29, 1.82) is 0 Å². The molecule has 0 amide bonds. The maximum Gasteiger partial charge on any atom is 0.417 e. The van der Waals surface area contributed by atoms with E-state index in [4.69, 9.17) is 26.0 Å². The van der Waals surface area contributed by atoms with Crippen LogP contribution >= 0.6 is 11.6 Å². The van der Waals surface area contributed by atoms with Gasteiger partial charge < -0.3 is 24.1 Å². The fourth-order valence-electron chi connectivity index (χ4n) is 3.89. The molecule has 0 radical (unpaired) electrons. The van der Waals surface area contributed by atoms with Gasteiger partial charge in [0.2, 0.25) is 5.82 Å². The van der Waals surface area contributed by atoms with Crippen LogP contribution in [0.5, 0.6) is 5.75 Å². The Morgan fingerprint density at radius 1 is 1.29 bits per heavy atom. The average molecular weight is 508 g/mol. The van der Waals surface area contributed by atoms with Crippen LogP contribution in [0.25, 0.3) is 28.6 Å². The molecule has 2 unspecified atom stereocenters. The smallest absolute Gasteiger partial charge is 0.417 e. The van der Waals surface area contributed by atoms with Gasteiger partial charge in [-0.3, -0.25) is 4.79 Å². The third-order valence-electron chi connectivity index (χ3n) is 5.61. The van der Waals surface area contributed by atoms with Crippen LogP contribution in [-0.4, -0.2) is 49.3 Å². The number of hydrogen-bond donors (Lipinski definition) is 2. The highest BCUT2D eigenvalue weighted by atomic mass is 35.5. The molecule has 0 bridgehead atoms. The molecule has 2 atom stereocenters. The second-order valence-corrected chi connectivity index (χ2v) is 8.51. The van der Waals surface area contributed by atoms with Crippen molar-refractivity contribution in [3.05, 3.63) is 52.8 Å². The number of halogens is 4. The molecule has 1 saturated heterocycles. The number of carboxylic acids is 1. The molecule has 1 aliphatic heterocycles. The van der Waals surface area contributed by atoms with E-state index < -0.39 is 23.8 Å². The summed E-state index contributed by atoms with van der Waals surface area (Å²) in [5.41, 5.74) is 0.822. The lowest BCUT2D eigenvalue weighted by Crippen LogP contribution is -2.30. The number of rotatable bonds is 5. The zero-order valence-corrected chi connectivity index (χ0v) is 18.8. The van der Waals surface area contributed by atoms with Gasteiger partial charge >= 0.3 is 12.1 Å². The Labute approximate surface area is 200 Å². The SMILES string of the molecule is Cc1cc(OC2CNC(C(=O)O)C2)ccc1-c1noc(-c2cn3cc(C(F)(F)F)cc(Cl)c3n2)n1. The van der Waals surface area contributed by atoms with Crippen molar-refractivity contribution < 1.29 is 32.3 Å². The van der Waals surface area contributed by atoms with E-state index in [9.17, 15) is 18.0 Å². The number of ether oxygens (including phenoxy) is 1. The van der Waals surface area contributed by atoms with Gasteiger partial charge in [-0.05, 0) is 36.8 Å². The Morgan fingerprint density at radius 2 is 2.09 bits per heavy atom. The number of nitrogens with one attached hydrogen (secondary N) is 1. The minimum Gasteiger partial charge on any atom is -0.489 e. The highest BCUT2D eigenvalue weighted by molar-refractivity contribution is 6.33. The monoisotopic (exact) mass is 507 g/mol. The van der Waals surface area contributed by atoms with Crippen molar-refractivity contribution in [2.45, 2.75) is 31.7 Å². The number of aryl methyl sites for hydroxylation is 1. The Kier molecular flexibility index (Phi) is 5.64. The Morgan fingerprint density at radius 3 is 2.77 bits per heavy atom. The molecular weight excluding hydrogens is 491 g/mol. The van der Waals surface area contributed by atoms with E-state index in [1.165, 1.54) is 6.20 Å². The number of pyridine rings is 1. The lowest BCUT2D eigenvalue weighted by molar-refractivity contribution is -0.139. The number of alkyl halides is 3. The molecular formula is C22H17ClF3N5O4. The normalized spacial score (nSPS) is 18.3. The maximum atomic E-state index is 13.1. The fraction of sp³-hybridized carbons (Fsp3) is 0.273. The average Bonchev–Trinajstić information content (AvgIpc) is 3.52. The molecule has 1 aliphatic rings. The number of carbonyl (C=O) groups is 1. The topological polar surface area (TPSA) is 115 Å². The zero-order valence-electron chi connectivity index (χ0n) is 18.0. The Bertz CT molecular complexity index is 1430. The summed E-state index contributed by atoms with van der Waals surface area (Å²) in [5.74, 6) is -0.0612. The van der Waals surface area contributed by atoms with Crippen molar-refractivity contribution in [2.75, 3.05) is 6.54 Å². The molecule has 0 spiro atoms. The Balaban J connectivity index is 1.37. The number of fused-ring (bicyclic) bond motifs is 1. The van der Waals surface area contributed by atoms with E-state index in [1.807, 2.05) is 6.92 Å². The Hall–Kier alpha value is -3.64. The van der Waals surface area contributed by atoms with Gasteiger partial charge in [-0.1, -0.05) is 16.8 Å². The summed E-state index contributed by atoms with van der Waals surface area (Å²) in [4.78, 5) is 19.6. The van der Waals surface area contributed by atoms with Gasteiger partial charge in [0.05, 0.1) is 10.6 Å². The summed E-state index contributed by atoms with van der Waals surface area (Å²) < 4.78 is 51.6. The van der Waals surface area contributed by atoms with Crippen molar-refractivity contribution in [3.8, 4) is 28.7 Å². The number of imidazole rings is 1. The van der Waals surface area contributed by atoms with Crippen LogP contribution in [-0.2, 0) is 11.0 Å². The molecule has 4 heterocycles. The molecule has 9 nitrogen and oxygen atoms in total. The molecule has 182 valence electrons. The lowest BCUT2D eigenvalue weighted by Gasteiger charge is -2.13. The third-order valence-corrected chi connectivity index (χ3v) is 5.89. The number of aromatic nitrogens is 4. The molecule has 13 heteroatoms. The molecule has 0 saturated carbocycles. The lowest BCUT2D eigenvalue weighted by atomic mass is 10.1. The predicted molar refractivity (Wildman–Crippen MR) is 117 cm³/mol. The molecule has 1 fully saturated rings. The van der Waals surface area contributed by atoms with Crippen molar-refractivity contribution in [2.24, 2.45) is 0 Å². The van der Waals surface area contributed by atoms with Gasteiger partial charge in [0.25, 0.3) is 5.89 Å². The van der Waals surface area contributed by atoms with E-state index in [0.717, 1.165) is 22.2 Å². The van der Waals surface area contributed by atoms with Crippen LogP contribution in [0.4, 0.5) is 13.2 Å². The minimum atomic E-state index is -4.56. The number of hydrogen-bond acceptors (Lipinski definition) is 7. The van der Waals surface area contributed by atoms with Gasteiger partial charge in [0.15, 0.2) is 5.65 Å². The van der Waals surface area contributed by atoms with Crippen LogP contribution in [0.1, 0.15) is 17.5 Å².